The maximum absolute atomic E-state index is 5.28. The first-order valence-corrected chi connectivity index (χ1v) is 4.81. The second-order valence-electron chi connectivity index (χ2n) is 2.90. The first kappa shape index (κ1) is 13.6. The number of methoxy groups -OCH3 is 2. The van der Waals surface area contributed by atoms with Crippen LogP contribution in [-0.2, 0) is 9.47 Å². The third-order valence-corrected chi connectivity index (χ3v) is 1.89. The van der Waals surface area contributed by atoms with Gasteiger partial charge < -0.3 is 20.5 Å². The van der Waals surface area contributed by atoms with Gasteiger partial charge in [-0.2, -0.15) is 0 Å². The third-order valence-electron chi connectivity index (χ3n) is 1.75. The van der Waals surface area contributed by atoms with Gasteiger partial charge in [0.05, 0.1) is 0 Å². The fourth-order valence-corrected chi connectivity index (χ4v) is 1.20. The molecule has 0 aromatic heterocycles. The molecule has 0 atom stereocenters. The molecule has 14 heavy (non-hydrogen) atoms. The summed E-state index contributed by atoms with van der Waals surface area (Å²) in [6.07, 6.45) is 0.636. The Morgan fingerprint density at radius 3 is 2.50 bits per heavy atom. The molecule has 0 aliphatic heterocycles. The molecule has 84 valence electrons. The van der Waals surface area contributed by atoms with E-state index in [0.29, 0.717) is 5.11 Å². The van der Waals surface area contributed by atoms with Gasteiger partial charge in [0, 0.05) is 27.3 Å². The standard InChI is InChI=1S/C8H19N3O2S/c1-11(8(12-2)13-3)6-4-5-10-7(9)14/h8H,4-6H2,1-3H3,(H3,9,10,14). The average molecular weight is 221 g/mol. The Balaban J connectivity index is 3.51. The molecule has 0 spiro atoms. The fraction of sp³-hybridized carbons (Fsp3) is 0.875. The Bertz CT molecular complexity index is 165. The molecule has 0 aliphatic rings. The predicted octanol–water partition coefficient (Wildman–Crippen LogP) is -0.282. The van der Waals surface area contributed by atoms with Crippen molar-refractivity contribution >= 4 is 17.3 Å². The van der Waals surface area contributed by atoms with Crippen molar-refractivity contribution in [3.05, 3.63) is 0 Å². The molecule has 3 N–H and O–H groups in total. The molecular weight excluding hydrogens is 202 g/mol. The first-order chi connectivity index (χ1) is 6.61. The van der Waals surface area contributed by atoms with Crippen molar-refractivity contribution in [2.45, 2.75) is 12.8 Å². The molecule has 0 radical (unpaired) electrons. The summed E-state index contributed by atoms with van der Waals surface area (Å²) in [5, 5.41) is 3.21. The van der Waals surface area contributed by atoms with E-state index in [2.05, 4.69) is 17.5 Å². The summed E-state index contributed by atoms with van der Waals surface area (Å²) in [5.74, 6) is 0. The maximum Gasteiger partial charge on any atom is 0.217 e. The molecule has 6 heteroatoms. The van der Waals surface area contributed by atoms with E-state index in [1.807, 2.05) is 11.9 Å². The number of thiocarbonyl (C=S) groups is 1. The van der Waals surface area contributed by atoms with Gasteiger partial charge in [-0.1, -0.05) is 0 Å². The van der Waals surface area contributed by atoms with Gasteiger partial charge in [-0.05, 0) is 25.7 Å². The third kappa shape index (κ3) is 6.09. The van der Waals surface area contributed by atoms with E-state index < -0.39 is 0 Å². The average Bonchev–Trinajstić information content (AvgIpc) is 2.14. The molecule has 0 fully saturated rings. The minimum Gasteiger partial charge on any atom is -0.376 e. The fourth-order valence-electron chi connectivity index (χ4n) is 1.10. The first-order valence-electron chi connectivity index (χ1n) is 4.41. The Hall–Kier alpha value is -0.430. The number of hydrogen-bond donors (Lipinski definition) is 2. The van der Waals surface area contributed by atoms with E-state index in [1.54, 1.807) is 14.2 Å². The van der Waals surface area contributed by atoms with Gasteiger partial charge >= 0.3 is 0 Å². The van der Waals surface area contributed by atoms with Crippen LogP contribution in [-0.4, -0.2) is 50.8 Å². The van der Waals surface area contributed by atoms with Gasteiger partial charge in [0.25, 0.3) is 0 Å². The Labute approximate surface area is 90.5 Å². The van der Waals surface area contributed by atoms with E-state index in [4.69, 9.17) is 15.2 Å². The molecule has 0 heterocycles. The summed E-state index contributed by atoms with van der Waals surface area (Å²) in [7, 11) is 5.15. The SMILES string of the molecule is COC(OC)N(C)CCCNC(N)=S. The van der Waals surface area contributed by atoms with E-state index >= 15 is 0 Å². The van der Waals surface area contributed by atoms with Crippen LogP contribution in [0, 0.1) is 0 Å². The quantitative estimate of drug-likeness (QED) is 0.350. The number of nitrogens with one attached hydrogen (secondary N) is 1. The van der Waals surface area contributed by atoms with Gasteiger partial charge in [0.15, 0.2) is 5.11 Å². The predicted molar refractivity (Wildman–Crippen MR) is 59.8 cm³/mol. The molecule has 0 saturated heterocycles. The number of ether oxygens (including phenoxy) is 2. The van der Waals surface area contributed by atoms with E-state index in [0.717, 1.165) is 19.5 Å². The number of rotatable bonds is 7. The largest absolute Gasteiger partial charge is 0.376 e. The maximum atomic E-state index is 5.28. The van der Waals surface area contributed by atoms with Crippen LogP contribution in [0.3, 0.4) is 0 Å². The smallest absolute Gasteiger partial charge is 0.217 e. The monoisotopic (exact) mass is 221 g/mol. The summed E-state index contributed by atoms with van der Waals surface area (Å²) < 4.78 is 10.1. The van der Waals surface area contributed by atoms with Crippen molar-refractivity contribution < 1.29 is 9.47 Å². The molecule has 0 aliphatic carbocycles. The molecule has 0 aromatic rings. The minimum absolute atomic E-state index is 0.292. The van der Waals surface area contributed by atoms with Crippen molar-refractivity contribution in [2.24, 2.45) is 5.73 Å². The highest BCUT2D eigenvalue weighted by Crippen LogP contribution is 1.98. The number of nitrogens with two attached hydrogens (primary N) is 1. The lowest BCUT2D eigenvalue weighted by Gasteiger charge is -2.24. The second kappa shape index (κ2) is 7.93. The van der Waals surface area contributed by atoms with Gasteiger partial charge in [0.2, 0.25) is 6.41 Å². The molecule has 0 rings (SSSR count). The number of nitrogens with zero attached hydrogens (tertiary/aromatic N) is 1. The highest BCUT2D eigenvalue weighted by atomic mass is 32.1. The molecule has 0 saturated carbocycles. The summed E-state index contributed by atoms with van der Waals surface area (Å²) in [6.45, 7) is 1.61. The van der Waals surface area contributed by atoms with Crippen LogP contribution in [0.15, 0.2) is 0 Å². The highest BCUT2D eigenvalue weighted by Gasteiger charge is 2.10. The normalized spacial score (nSPS) is 10.9. The molecule has 0 amide bonds. The summed E-state index contributed by atoms with van der Waals surface area (Å²) in [6, 6.07) is 0. The summed E-state index contributed by atoms with van der Waals surface area (Å²) in [4.78, 5) is 1.96. The summed E-state index contributed by atoms with van der Waals surface area (Å²) in [5.41, 5.74) is 5.28. The molecule has 0 unspecified atom stereocenters. The lowest BCUT2D eigenvalue weighted by Crippen LogP contribution is -2.37. The van der Waals surface area contributed by atoms with E-state index in [9.17, 15) is 0 Å². The van der Waals surface area contributed by atoms with E-state index in [-0.39, 0.29) is 6.41 Å². The lowest BCUT2D eigenvalue weighted by molar-refractivity contribution is -0.187. The van der Waals surface area contributed by atoms with Crippen LogP contribution >= 0.6 is 12.2 Å². The van der Waals surface area contributed by atoms with Crippen molar-refractivity contribution in [2.75, 3.05) is 34.4 Å². The zero-order chi connectivity index (χ0) is 11.0. The van der Waals surface area contributed by atoms with Gasteiger partial charge in [-0.15, -0.1) is 0 Å². The molecule has 5 nitrogen and oxygen atoms in total. The van der Waals surface area contributed by atoms with Crippen LogP contribution in [0.2, 0.25) is 0 Å². The van der Waals surface area contributed by atoms with E-state index in [1.165, 1.54) is 0 Å². The minimum atomic E-state index is -0.292. The Kier molecular flexibility index (Phi) is 7.68. The van der Waals surface area contributed by atoms with Crippen LogP contribution in [0.5, 0.6) is 0 Å². The van der Waals surface area contributed by atoms with Crippen molar-refractivity contribution in [3.63, 3.8) is 0 Å². The van der Waals surface area contributed by atoms with Crippen LogP contribution in [0.25, 0.3) is 0 Å². The van der Waals surface area contributed by atoms with Crippen LogP contribution < -0.4 is 11.1 Å². The van der Waals surface area contributed by atoms with Crippen LogP contribution in [0.4, 0.5) is 0 Å². The number of hydrogen-bond acceptors (Lipinski definition) is 4. The second-order valence-corrected chi connectivity index (χ2v) is 3.34. The molecule has 0 aromatic carbocycles. The lowest BCUT2D eigenvalue weighted by atomic mass is 10.4. The van der Waals surface area contributed by atoms with Crippen LogP contribution in [0.1, 0.15) is 6.42 Å². The van der Waals surface area contributed by atoms with Crippen molar-refractivity contribution in [1.29, 1.82) is 0 Å². The van der Waals surface area contributed by atoms with Crippen molar-refractivity contribution in [3.8, 4) is 0 Å². The van der Waals surface area contributed by atoms with Gasteiger partial charge in [-0.3, -0.25) is 4.90 Å². The summed E-state index contributed by atoms with van der Waals surface area (Å²) >= 11 is 4.68. The molecular formula is C8H19N3O2S. The highest BCUT2D eigenvalue weighted by molar-refractivity contribution is 7.80. The molecule has 0 bridgehead atoms. The topological polar surface area (TPSA) is 59.8 Å². The van der Waals surface area contributed by atoms with Gasteiger partial charge in [-0.25, -0.2) is 0 Å². The Morgan fingerprint density at radius 1 is 1.50 bits per heavy atom. The zero-order valence-corrected chi connectivity index (χ0v) is 9.76. The Morgan fingerprint density at radius 2 is 2.07 bits per heavy atom. The van der Waals surface area contributed by atoms with Crippen molar-refractivity contribution in [1.82, 2.24) is 10.2 Å². The van der Waals surface area contributed by atoms with Gasteiger partial charge in [0.1, 0.15) is 0 Å². The zero-order valence-electron chi connectivity index (χ0n) is 8.95.